The number of hydrogen-bond donors (Lipinski definition) is 1. The first-order chi connectivity index (χ1) is 16.5. The maximum absolute atomic E-state index is 12.6. The summed E-state index contributed by atoms with van der Waals surface area (Å²) in [6.45, 7) is 6.03. The van der Waals surface area contributed by atoms with Crippen molar-refractivity contribution in [2.75, 3.05) is 11.1 Å². The van der Waals surface area contributed by atoms with Crippen LogP contribution in [0.3, 0.4) is 0 Å². The van der Waals surface area contributed by atoms with Gasteiger partial charge < -0.3 is 5.32 Å². The number of aryl methyl sites for hydroxylation is 3. The molecule has 0 aliphatic heterocycles. The Morgan fingerprint density at radius 2 is 1.65 bits per heavy atom. The highest BCUT2D eigenvalue weighted by Gasteiger charge is 2.17. The smallest absolute Gasteiger partial charge is 0.234 e. The fourth-order valence-corrected chi connectivity index (χ4v) is 4.99. The van der Waals surface area contributed by atoms with E-state index in [-0.39, 0.29) is 11.7 Å². The van der Waals surface area contributed by atoms with Gasteiger partial charge in [0, 0.05) is 22.8 Å². The van der Waals surface area contributed by atoms with Crippen LogP contribution in [0.25, 0.3) is 5.69 Å². The highest BCUT2D eigenvalue weighted by molar-refractivity contribution is 7.99. The molecular formula is C25H26N6OS2. The standard InChI is InChI=1S/C25H26N6OS2/c1-4-19-10-12-20(13-11-19)28-23(32)16-34-25-30-29-22(31(25)21-8-6-5-7-9-21)15-33-24-26-17(2)14-18(3)27-24/h5-14H,4,15-16H2,1-3H3,(H,28,32). The van der Waals surface area contributed by atoms with Crippen LogP contribution < -0.4 is 5.32 Å². The summed E-state index contributed by atoms with van der Waals surface area (Å²) in [6.07, 6.45) is 0.968. The third-order valence-corrected chi connectivity index (χ3v) is 6.76. The van der Waals surface area contributed by atoms with Gasteiger partial charge in [-0.15, -0.1) is 10.2 Å². The summed E-state index contributed by atoms with van der Waals surface area (Å²) < 4.78 is 1.99. The summed E-state index contributed by atoms with van der Waals surface area (Å²) in [5.41, 5.74) is 4.84. The van der Waals surface area contributed by atoms with Crippen molar-refractivity contribution in [3.63, 3.8) is 0 Å². The van der Waals surface area contributed by atoms with Crippen molar-refractivity contribution in [3.8, 4) is 5.69 Å². The Morgan fingerprint density at radius 3 is 2.32 bits per heavy atom. The zero-order chi connectivity index (χ0) is 23.9. The average molecular weight is 491 g/mol. The maximum atomic E-state index is 12.6. The van der Waals surface area contributed by atoms with Gasteiger partial charge in [0.15, 0.2) is 10.3 Å². The molecule has 0 fully saturated rings. The molecule has 0 saturated carbocycles. The number of nitrogens with one attached hydrogen (secondary N) is 1. The zero-order valence-corrected chi connectivity index (χ0v) is 21.0. The SMILES string of the molecule is CCc1ccc(NC(=O)CSc2nnc(CSc3nc(C)cc(C)n3)n2-c2ccccc2)cc1. The molecule has 0 unspecified atom stereocenters. The predicted octanol–water partition coefficient (Wildman–Crippen LogP) is 5.26. The minimum atomic E-state index is -0.0866. The molecule has 0 bridgehead atoms. The molecule has 34 heavy (non-hydrogen) atoms. The number of rotatable bonds is 9. The summed E-state index contributed by atoms with van der Waals surface area (Å²) in [4.78, 5) is 21.6. The molecule has 0 saturated heterocycles. The lowest BCUT2D eigenvalue weighted by Gasteiger charge is -2.10. The van der Waals surface area contributed by atoms with Gasteiger partial charge >= 0.3 is 0 Å². The van der Waals surface area contributed by atoms with Gasteiger partial charge in [0.05, 0.1) is 11.5 Å². The van der Waals surface area contributed by atoms with E-state index in [1.54, 1.807) is 0 Å². The summed E-state index contributed by atoms with van der Waals surface area (Å²) in [7, 11) is 0. The average Bonchev–Trinajstić information content (AvgIpc) is 3.25. The lowest BCUT2D eigenvalue weighted by atomic mass is 10.1. The van der Waals surface area contributed by atoms with Crippen LogP contribution in [0.2, 0.25) is 0 Å². The molecule has 9 heteroatoms. The van der Waals surface area contributed by atoms with Crippen molar-refractivity contribution in [2.45, 2.75) is 43.3 Å². The number of aromatic nitrogens is 5. The highest BCUT2D eigenvalue weighted by Crippen LogP contribution is 2.26. The first kappa shape index (κ1) is 24.0. The molecule has 0 aliphatic carbocycles. The number of anilines is 1. The van der Waals surface area contributed by atoms with Crippen LogP contribution >= 0.6 is 23.5 Å². The lowest BCUT2D eigenvalue weighted by Crippen LogP contribution is -2.14. The predicted molar refractivity (Wildman–Crippen MR) is 138 cm³/mol. The topological polar surface area (TPSA) is 85.6 Å². The van der Waals surface area contributed by atoms with Gasteiger partial charge in [-0.05, 0) is 56.2 Å². The number of thioether (sulfide) groups is 2. The van der Waals surface area contributed by atoms with Gasteiger partial charge in [0.25, 0.3) is 0 Å². The zero-order valence-electron chi connectivity index (χ0n) is 19.4. The fourth-order valence-electron chi connectivity index (χ4n) is 3.36. The Kier molecular flexibility index (Phi) is 7.97. The second kappa shape index (κ2) is 11.3. The number of carbonyl (C=O) groups excluding carboxylic acids is 1. The number of nitrogens with zero attached hydrogens (tertiary/aromatic N) is 5. The number of para-hydroxylation sites is 1. The van der Waals surface area contributed by atoms with Gasteiger partial charge in [-0.3, -0.25) is 9.36 Å². The molecule has 1 amide bonds. The minimum Gasteiger partial charge on any atom is -0.325 e. The van der Waals surface area contributed by atoms with Crippen molar-refractivity contribution in [2.24, 2.45) is 0 Å². The van der Waals surface area contributed by atoms with E-state index in [2.05, 4.69) is 32.4 Å². The van der Waals surface area contributed by atoms with Crippen molar-refractivity contribution in [1.29, 1.82) is 0 Å². The van der Waals surface area contributed by atoms with Gasteiger partial charge in [-0.1, -0.05) is 60.8 Å². The quantitative estimate of drug-likeness (QED) is 0.253. The van der Waals surface area contributed by atoms with Crippen LogP contribution in [0.1, 0.15) is 29.7 Å². The van der Waals surface area contributed by atoms with E-state index in [0.29, 0.717) is 16.1 Å². The molecule has 4 aromatic rings. The van der Waals surface area contributed by atoms with E-state index >= 15 is 0 Å². The molecule has 174 valence electrons. The highest BCUT2D eigenvalue weighted by atomic mass is 32.2. The second-order valence-electron chi connectivity index (χ2n) is 7.68. The minimum absolute atomic E-state index is 0.0866. The molecule has 4 rings (SSSR count). The number of hydrogen-bond acceptors (Lipinski definition) is 7. The van der Waals surface area contributed by atoms with E-state index in [1.165, 1.54) is 29.1 Å². The van der Waals surface area contributed by atoms with Crippen molar-refractivity contribution >= 4 is 35.1 Å². The van der Waals surface area contributed by atoms with Crippen LogP contribution in [0.5, 0.6) is 0 Å². The molecule has 7 nitrogen and oxygen atoms in total. The molecule has 1 N–H and O–H groups in total. The molecule has 2 aromatic heterocycles. The van der Waals surface area contributed by atoms with Crippen LogP contribution in [0.4, 0.5) is 5.69 Å². The Labute approximate surface area is 207 Å². The molecule has 0 aliphatic rings. The molecule has 0 radical (unpaired) electrons. The third kappa shape index (κ3) is 6.24. The van der Waals surface area contributed by atoms with Crippen LogP contribution in [-0.4, -0.2) is 36.4 Å². The second-order valence-corrected chi connectivity index (χ2v) is 9.56. The third-order valence-electron chi connectivity index (χ3n) is 4.99. The van der Waals surface area contributed by atoms with Gasteiger partial charge in [0.2, 0.25) is 5.91 Å². The Morgan fingerprint density at radius 1 is 0.941 bits per heavy atom. The number of amides is 1. The summed E-state index contributed by atoms with van der Waals surface area (Å²) >= 11 is 2.88. The van der Waals surface area contributed by atoms with Gasteiger partial charge in [0.1, 0.15) is 5.82 Å². The van der Waals surface area contributed by atoms with Crippen molar-refractivity contribution in [3.05, 3.63) is 83.4 Å². The molecule has 0 spiro atoms. The maximum Gasteiger partial charge on any atom is 0.234 e. The van der Waals surface area contributed by atoms with Gasteiger partial charge in [-0.25, -0.2) is 9.97 Å². The first-order valence-corrected chi connectivity index (χ1v) is 13.0. The fraction of sp³-hybridized carbons (Fsp3) is 0.240. The summed E-state index contributed by atoms with van der Waals surface area (Å²) in [5.74, 6) is 1.48. The Hall–Kier alpha value is -3.17. The van der Waals surface area contributed by atoms with E-state index in [1.807, 2.05) is 79.1 Å². The van der Waals surface area contributed by atoms with E-state index < -0.39 is 0 Å². The Bertz CT molecular complexity index is 1240. The van der Waals surface area contributed by atoms with E-state index in [0.717, 1.165) is 35.0 Å². The summed E-state index contributed by atoms with van der Waals surface area (Å²) in [6, 6.07) is 19.8. The monoisotopic (exact) mass is 490 g/mol. The van der Waals surface area contributed by atoms with Crippen molar-refractivity contribution < 1.29 is 4.79 Å². The number of carbonyl (C=O) groups is 1. The van der Waals surface area contributed by atoms with E-state index in [9.17, 15) is 4.79 Å². The number of benzene rings is 2. The Balaban J connectivity index is 1.48. The molecular weight excluding hydrogens is 464 g/mol. The van der Waals surface area contributed by atoms with Crippen molar-refractivity contribution in [1.82, 2.24) is 24.7 Å². The van der Waals surface area contributed by atoms with Crippen LogP contribution in [0, 0.1) is 13.8 Å². The normalized spacial score (nSPS) is 10.9. The summed E-state index contributed by atoms with van der Waals surface area (Å²) in [5, 5.41) is 13.1. The van der Waals surface area contributed by atoms with Gasteiger partial charge in [-0.2, -0.15) is 0 Å². The molecule has 0 atom stereocenters. The van der Waals surface area contributed by atoms with Crippen LogP contribution in [-0.2, 0) is 17.0 Å². The molecule has 2 heterocycles. The first-order valence-electron chi connectivity index (χ1n) is 11.0. The largest absolute Gasteiger partial charge is 0.325 e. The lowest BCUT2D eigenvalue weighted by molar-refractivity contribution is -0.113. The van der Waals surface area contributed by atoms with E-state index in [4.69, 9.17) is 0 Å². The van der Waals surface area contributed by atoms with Crippen LogP contribution in [0.15, 0.2) is 71.0 Å². The molecule has 2 aromatic carbocycles.